The van der Waals surface area contributed by atoms with Crippen molar-refractivity contribution in [3.05, 3.63) is 66.0 Å². The van der Waals surface area contributed by atoms with Crippen LogP contribution in [0.5, 0.6) is 0 Å². The SMILES string of the molecule is CCCCC1=CN(CCCC)C(C=O)N1Cc1ccc(-c2ccccc2)c(-c2nnn[nH]2)c1. The number of aromatic nitrogens is 4. The minimum absolute atomic E-state index is 0.257. The highest BCUT2D eigenvalue weighted by Gasteiger charge is 2.31. The summed E-state index contributed by atoms with van der Waals surface area (Å²) in [5, 5.41) is 14.6. The van der Waals surface area contributed by atoms with Gasteiger partial charge in [-0.1, -0.05) is 69.2 Å². The fraction of sp³-hybridized carbons (Fsp3) is 0.385. The molecule has 2 heterocycles. The van der Waals surface area contributed by atoms with Gasteiger partial charge in [0.25, 0.3) is 0 Å². The molecule has 0 fully saturated rings. The van der Waals surface area contributed by atoms with Crippen LogP contribution in [0.4, 0.5) is 0 Å². The van der Waals surface area contributed by atoms with E-state index in [1.54, 1.807) is 0 Å². The minimum atomic E-state index is -0.257. The molecule has 1 unspecified atom stereocenters. The van der Waals surface area contributed by atoms with Gasteiger partial charge in [0.1, 0.15) is 0 Å². The van der Waals surface area contributed by atoms with Crippen molar-refractivity contribution in [3.8, 4) is 22.5 Å². The zero-order valence-electron chi connectivity index (χ0n) is 19.4. The van der Waals surface area contributed by atoms with Gasteiger partial charge in [0, 0.05) is 30.5 Å². The molecule has 1 aliphatic heterocycles. The van der Waals surface area contributed by atoms with Gasteiger partial charge in [-0.15, -0.1) is 5.10 Å². The monoisotopic (exact) mass is 444 g/mol. The van der Waals surface area contributed by atoms with Crippen LogP contribution >= 0.6 is 0 Å². The first kappa shape index (κ1) is 22.7. The number of benzene rings is 2. The van der Waals surface area contributed by atoms with Crippen molar-refractivity contribution in [2.45, 2.75) is 58.7 Å². The zero-order chi connectivity index (χ0) is 23.0. The number of aldehydes is 1. The molecule has 3 aromatic rings. The molecule has 172 valence electrons. The molecule has 0 amide bonds. The number of aromatic amines is 1. The lowest BCUT2D eigenvalue weighted by Gasteiger charge is -2.31. The molecule has 0 bridgehead atoms. The highest BCUT2D eigenvalue weighted by atomic mass is 16.1. The third-order valence-corrected chi connectivity index (χ3v) is 6.14. The molecule has 1 aromatic heterocycles. The summed E-state index contributed by atoms with van der Waals surface area (Å²) in [4.78, 5) is 16.6. The summed E-state index contributed by atoms with van der Waals surface area (Å²) in [5.41, 5.74) is 5.48. The third-order valence-electron chi connectivity index (χ3n) is 6.14. The van der Waals surface area contributed by atoms with Crippen LogP contribution in [0.2, 0.25) is 0 Å². The van der Waals surface area contributed by atoms with Crippen molar-refractivity contribution in [2.75, 3.05) is 6.54 Å². The molecular weight excluding hydrogens is 412 g/mol. The summed E-state index contributed by atoms with van der Waals surface area (Å²) in [6, 6.07) is 16.6. The van der Waals surface area contributed by atoms with E-state index in [9.17, 15) is 4.79 Å². The second-order valence-corrected chi connectivity index (χ2v) is 8.49. The van der Waals surface area contributed by atoms with E-state index in [2.05, 4.69) is 80.8 Å². The second kappa shape index (κ2) is 10.9. The molecule has 4 rings (SSSR count). The Bertz CT molecular complexity index is 1060. The van der Waals surface area contributed by atoms with Crippen LogP contribution in [0.3, 0.4) is 0 Å². The third kappa shape index (κ3) is 5.13. The van der Waals surface area contributed by atoms with E-state index in [4.69, 9.17) is 0 Å². The summed E-state index contributed by atoms with van der Waals surface area (Å²) in [6.45, 7) is 5.94. The molecule has 0 saturated carbocycles. The van der Waals surface area contributed by atoms with Gasteiger partial charge in [0.15, 0.2) is 18.3 Å². The molecule has 1 atom stereocenters. The minimum Gasteiger partial charge on any atom is -0.350 e. The Hall–Kier alpha value is -3.48. The Morgan fingerprint density at radius 2 is 1.85 bits per heavy atom. The first-order valence-electron chi connectivity index (χ1n) is 11.9. The van der Waals surface area contributed by atoms with Crippen molar-refractivity contribution in [1.29, 1.82) is 0 Å². The van der Waals surface area contributed by atoms with E-state index in [1.165, 1.54) is 5.70 Å². The van der Waals surface area contributed by atoms with E-state index in [1.807, 2.05) is 18.2 Å². The highest BCUT2D eigenvalue weighted by Crippen LogP contribution is 2.33. The van der Waals surface area contributed by atoms with E-state index >= 15 is 0 Å². The van der Waals surface area contributed by atoms with Gasteiger partial charge in [0.05, 0.1) is 0 Å². The van der Waals surface area contributed by atoms with Crippen molar-refractivity contribution in [1.82, 2.24) is 30.4 Å². The average Bonchev–Trinajstić information content (AvgIpc) is 3.50. The fourth-order valence-corrected chi connectivity index (χ4v) is 4.37. The van der Waals surface area contributed by atoms with Gasteiger partial charge in [-0.25, -0.2) is 5.10 Å². The topological polar surface area (TPSA) is 78.0 Å². The molecule has 1 N–H and O–H groups in total. The molecular formula is C26H32N6O. The van der Waals surface area contributed by atoms with Gasteiger partial charge in [0.2, 0.25) is 0 Å². The molecule has 7 nitrogen and oxygen atoms in total. The van der Waals surface area contributed by atoms with Crippen LogP contribution in [-0.2, 0) is 11.3 Å². The predicted octanol–water partition coefficient (Wildman–Crippen LogP) is 5.01. The van der Waals surface area contributed by atoms with Gasteiger partial charge in [-0.2, -0.15) is 0 Å². The lowest BCUT2D eigenvalue weighted by Crippen LogP contribution is -2.41. The number of nitrogens with zero attached hydrogens (tertiary/aromatic N) is 5. The Morgan fingerprint density at radius 3 is 2.55 bits per heavy atom. The Kier molecular flexibility index (Phi) is 7.50. The number of unbranched alkanes of at least 4 members (excludes halogenated alkanes) is 2. The maximum atomic E-state index is 12.1. The number of tetrazole rings is 1. The molecule has 2 aromatic carbocycles. The predicted molar refractivity (Wildman–Crippen MR) is 130 cm³/mol. The zero-order valence-corrected chi connectivity index (χ0v) is 19.4. The molecule has 0 spiro atoms. The lowest BCUT2D eigenvalue weighted by atomic mass is 9.96. The average molecular weight is 445 g/mol. The summed E-state index contributed by atoms with van der Waals surface area (Å²) in [6.07, 6.45) is 8.41. The number of hydrogen-bond donors (Lipinski definition) is 1. The summed E-state index contributed by atoms with van der Waals surface area (Å²) < 4.78 is 0. The molecule has 33 heavy (non-hydrogen) atoms. The van der Waals surface area contributed by atoms with Crippen molar-refractivity contribution in [3.63, 3.8) is 0 Å². The molecule has 0 saturated heterocycles. The van der Waals surface area contributed by atoms with Crippen molar-refractivity contribution >= 4 is 6.29 Å². The smallest absolute Gasteiger partial charge is 0.180 e. The van der Waals surface area contributed by atoms with Crippen LogP contribution in [0.1, 0.15) is 51.5 Å². The second-order valence-electron chi connectivity index (χ2n) is 8.49. The number of H-pyrrole nitrogens is 1. The Morgan fingerprint density at radius 1 is 1.03 bits per heavy atom. The molecule has 1 aliphatic rings. The number of carbonyl (C=O) groups excluding carboxylic acids is 1. The number of allylic oxidation sites excluding steroid dienone is 1. The normalized spacial score (nSPS) is 15.7. The van der Waals surface area contributed by atoms with Crippen molar-refractivity contribution in [2.24, 2.45) is 0 Å². The van der Waals surface area contributed by atoms with Crippen molar-refractivity contribution < 1.29 is 4.79 Å². The van der Waals surface area contributed by atoms with E-state index in [0.717, 1.165) is 67.2 Å². The van der Waals surface area contributed by atoms with Crippen LogP contribution in [0.15, 0.2) is 60.4 Å². The standard InChI is InChI=1S/C26H32N6O/c1-3-5-12-22-18-31(15-6-4-2)25(19-33)32(22)17-20-13-14-23(21-10-8-7-9-11-21)24(16-20)26-27-29-30-28-26/h7-11,13-14,16,18-19,25H,3-6,12,15,17H2,1-2H3,(H,27,28,29,30). The number of carbonyl (C=O) groups is 1. The maximum absolute atomic E-state index is 12.1. The van der Waals surface area contributed by atoms with Crippen LogP contribution in [-0.4, -0.2) is 49.4 Å². The van der Waals surface area contributed by atoms with E-state index < -0.39 is 0 Å². The van der Waals surface area contributed by atoms with Gasteiger partial charge in [-0.3, -0.25) is 4.79 Å². The Balaban J connectivity index is 1.66. The van der Waals surface area contributed by atoms with Crippen LogP contribution in [0.25, 0.3) is 22.5 Å². The summed E-state index contributed by atoms with van der Waals surface area (Å²) >= 11 is 0. The first-order chi connectivity index (χ1) is 16.2. The molecule has 7 heteroatoms. The fourth-order valence-electron chi connectivity index (χ4n) is 4.37. The lowest BCUT2D eigenvalue weighted by molar-refractivity contribution is -0.115. The molecule has 0 radical (unpaired) electrons. The number of nitrogens with one attached hydrogen (secondary N) is 1. The van der Waals surface area contributed by atoms with Crippen LogP contribution < -0.4 is 0 Å². The van der Waals surface area contributed by atoms with E-state index in [0.29, 0.717) is 12.4 Å². The number of rotatable bonds is 11. The largest absolute Gasteiger partial charge is 0.350 e. The summed E-state index contributed by atoms with van der Waals surface area (Å²) in [5.74, 6) is 0.635. The summed E-state index contributed by atoms with van der Waals surface area (Å²) in [7, 11) is 0. The molecule has 0 aliphatic carbocycles. The van der Waals surface area contributed by atoms with Gasteiger partial charge in [-0.05, 0) is 52.4 Å². The van der Waals surface area contributed by atoms with Gasteiger partial charge < -0.3 is 9.80 Å². The number of hydrogen-bond acceptors (Lipinski definition) is 6. The van der Waals surface area contributed by atoms with E-state index in [-0.39, 0.29) is 6.17 Å². The highest BCUT2D eigenvalue weighted by molar-refractivity contribution is 5.80. The maximum Gasteiger partial charge on any atom is 0.180 e. The first-order valence-corrected chi connectivity index (χ1v) is 11.9. The van der Waals surface area contributed by atoms with Crippen LogP contribution in [0, 0.1) is 0 Å². The quantitative estimate of drug-likeness (QED) is 0.419. The Labute approximate surface area is 195 Å². The van der Waals surface area contributed by atoms with Gasteiger partial charge >= 0.3 is 0 Å².